The number of aromatic nitrogens is 4. The number of benzene rings is 1. The van der Waals surface area contributed by atoms with Crippen molar-refractivity contribution < 1.29 is 9.53 Å². The second-order valence-corrected chi connectivity index (χ2v) is 5.87. The second kappa shape index (κ2) is 7.67. The molecule has 1 amide bonds. The predicted octanol–water partition coefficient (Wildman–Crippen LogP) is 1.79. The number of nitrogen functional groups attached to an aromatic ring is 1. The van der Waals surface area contributed by atoms with Gasteiger partial charge in [-0.05, 0) is 24.3 Å². The molecule has 0 atom stereocenters. The van der Waals surface area contributed by atoms with Gasteiger partial charge in [-0.2, -0.15) is 0 Å². The highest BCUT2D eigenvalue weighted by molar-refractivity contribution is 7.99. The van der Waals surface area contributed by atoms with Crippen molar-refractivity contribution in [2.75, 3.05) is 24.0 Å². The number of carbonyl (C=O) groups excluding carboxylic acids is 1. The molecule has 1 aromatic carbocycles. The maximum absolute atomic E-state index is 12.1. The number of amides is 1. The fourth-order valence-corrected chi connectivity index (χ4v) is 2.77. The van der Waals surface area contributed by atoms with Gasteiger partial charge in [0.15, 0.2) is 0 Å². The van der Waals surface area contributed by atoms with Gasteiger partial charge in [-0.25, -0.2) is 4.68 Å². The zero-order valence-corrected chi connectivity index (χ0v) is 14.2. The zero-order valence-electron chi connectivity index (χ0n) is 13.4. The fraction of sp³-hybridized carbons (Fsp3) is 0.125. The molecule has 0 spiro atoms. The molecule has 0 aliphatic carbocycles. The van der Waals surface area contributed by atoms with Crippen molar-refractivity contribution in [2.24, 2.45) is 0 Å². The Balaban J connectivity index is 1.64. The number of carbonyl (C=O) groups is 1. The van der Waals surface area contributed by atoms with Crippen LogP contribution in [0.1, 0.15) is 0 Å². The van der Waals surface area contributed by atoms with Crippen molar-refractivity contribution in [3.05, 3.63) is 48.7 Å². The lowest BCUT2D eigenvalue weighted by Gasteiger charge is -2.09. The molecule has 2 aromatic heterocycles. The van der Waals surface area contributed by atoms with E-state index in [1.807, 2.05) is 18.2 Å². The highest BCUT2D eigenvalue weighted by Crippen LogP contribution is 2.24. The summed E-state index contributed by atoms with van der Waals surface area (Å²) in [5.41, 5.74) is 1.22. The maximum atomic E-state index is 12.1. The van der Waals surface area contributed by atoms with Gasteiger partial charge in [-0.15, -0.1) is 10.2 Å². The molecular weight excluding hydrogens is 340 g/mol. The molecule has 2 heterocycles. The Hall–Kier alpha value is -3.07. The van der Waals surface area contributed by atoms with Crippen LogP contribution in [-0.2, 0) is 4.79 Å². The number of pyridine rings is 1. The van der Waals surface area contributed by atoms with E-state index in [4.69, 9.17) is 10.6 Å². The van der Waals surface area contributed by atoms with E-state index in [2.05, 4.69) is 20.5 Å². The van der Waals surface area contributed by atoms with E-state index in [-0.39, 0.29) is 11.7 Å². The molecular formula is C16H16N6O2S. The van der Waals surface area contributed by atoms with Gasteiger partial charge in [0.25, 0.3) is 0 Å². The number of rotatable bonds is 6. The molecule has 0 saturated heterocycles. The van der Waals surface area contributed by atoms with Crippen LogP contribution in [0.3, 0.4) is 0 Å². The molecule has 0 fully saturated rings. The number of hydrogen-bond acceptors (Lipinski definition) is 7. The van der Waals surface area contributed by atoms with Crippen LogP contribution in [0, 0.1) is 0 Å². The molecule has 3 aromatic rings. The number of thioether (sulfide) groups is 1. The molecule has 0 bridgehead atoms. The fourth-order valence-electron chi connectivity index (χ4n) is 2.11. The van der Waals surface area contributed by atoms with Crippen LogP contribution in [-0.4, -0.2) is 38.6 Å². The van der Waals surface area contributed by atoms with E-state index in [1.54, 1.807) is 37.6 Å². The number of ether oxygens (including phenoxy) is 1. The summed E-state index contributed by atoms with van der Waals surface area (Å²) in [5, 5.41) is 11.3. The normalized spacial score (nSPS) is 10.4. The van der Waals surface area contributed by atoms with Gasteiger partial charge in [0.2, 0.25) is 16.9 Å². The van der Waals surface area contributed by atoms with Gasteiger partial charge in [0.1, 0.15) is 11.4 Å². The Bertz CT molecular complexity index is 868. The third-order valence-electron chi connectivity index (χ3n) is 3.27. The largest absolute Gasteiger partial charge is 0.495 e. The average molecular weight is 356 g/mol. The van der Waals surface area contributed by atoms with Gasteiger partial charge in [-0.3, -0.25) is 9.78 Å². The van der Waals surface area contributed by atoms with Crippen LogP contribution < -0.4 is 15.9 Å². The summed E-state index contributed by atoms with van der Waals surface area (Å²) in [6.07, 6.45) is 1.65. The first-order chi connectivity index (χ1) is 12.2. The zero-order chi connectivity index (χ0) is 17.6. The smallest absolute Gasteiger partial charge is 0.234 e. The quantitative estimate of drug-likeness (QED) is 0.512. The number of nitrogens with two attached hydrogens (primary N) is 1. The lowest BCUT2D eigenvalue weighted by Crippen LogP contribution is -2.17. The first kappa shape index (κ1) is 16.8. The van der Waals surface area contributed by atoms with Crippen LogP contribution in [0.5, 0.6) is 5.75 Å². The van der Waals surface area contributed by atoms with E-state index >= 15 is 0 Å². The Morgan fingerprint density at radius 2 is 2.04 bits per heavy atom. The molecule has 0 aliphatic rings. The first-order valence-electron chi connectivity index (χ1n) is 7.36. The van der Waals surface area contributed by atoms with Crippen molar-refractivity contribution in [1.82, 2.24) is 19.9 Å². The predicted molar refractivity (Wildman–Crippen MR) is 95.8 cm³/mol. The number of anilines is 1. The van der Waals surface area contributed by atoms with Crippen LogP contribution in [0.2, 0.25) is 0 Å². The Labute approximate surface area is 148 Å². The molecule has 0 aliphatic heterocycles. The number of hydrogen-bond donors (Lipinski definition) is 2. The molecule has 0 radical (unpaired) electrons. The van der Waals surface area contributed by atoms with Crippen molar-refractivity contribution >= 4 is 23.4 Å². The topological polar surface area (TPSA) is 108 Å². The molecule has 0 unspecified atom stereocenters. The van der Waals surface area contributed by atoms with Crippen LogP contribution in [0.15, 0.2) is 53.8 Å². The summed E-state index contributed by atoms with van der Waals surface area (Å²) in [6, 6.07) is 12.6. The van der Waals surface area contributed by atoms with E-state index in [1.165, 1.54) is 16.4 Å². The summed E-state index contributed by atoms with van der Waals surface area (Å²) in [5.74, 6) is 6.97. The van der Waals surface area contributed by atoms with Crippen LogP contribution in [0.25, 0.3) is 11.5 Å². The van der Waals surface area contributed by atoms with Crippen molar-refractivity contribution in [3.63, 3.8) is 0 Å². The van der Waals surface area contributed by atoms with Crippen molar-refractivity contribution in [2.45, 2.75) is 5.16 Å². The summed E-state index contributed by atoms with van der Waals surface area (Å²) >= 11 is 1.19. The third kappa shape index (κ3) is 3.89. The van der Waals surface area contributed by atoms with E-state index in [9.17, 15) is 4.79 Å². The standard InChI is InChI=1S/C16H16N6O2S/c1-24-13-8-3-2-6-11(13)19-14(23)10-25-16-21-20-15(22(16)17)12-7-4-5-9-18-12/h2-9H,10,17H2,1H3,(H,19,23). The van der Waals surface area contributed by atoms with Gasteiger partial charge in [0, 0.05) is 6.20 Å². The van der Waals surface area contributed by atoms with Crippen LogP contribution >= 0.6 is 11.8 Å². The third-order valence-corrected chi connectivity index (χ3v) is 4.22. The van der Waals surface area contributed by atoms with Gasteiger partial charge >= 0.3 is 0 Å². The van der Waals surface area contributed by atoms with E-state index in [0.29, 0.717) is 28.1 Å². The van der Waals surface area contributed by atoms with Gasteiger partial charge < -0.3 is 15.9 Å². The van der Waals surface area contributed by atoms with Gasteiger partial charge in [0.05, 0.1) is 18.6 Å². The SMILES string of the molecule is COc1ccccc1NC(=O)CSc1nnc(-c2ccccn2)n1N. The van der Waals surface area contributed by atoms with Crippen molar-refractivity contribution in [1.29, 1.82) is 0 Å². The van der Waals surface area contributed by atoms with Crippen molar-refractivity contribution in [3.8, 4) is 17.3 Å². The highest BCUT2D eigenvalue weighted by Gasteiger charge is 2.15. The lowest BCUT2D eigenvalue weighted by molar-refractivity contribution is -0.113. The van der Waals surface area contributed by atoms with E-state index in [0.717, 1.165) is 0 Å². The second-order valence-electron chi connectivity index (χ2n) is 4.93. The molecule has 9 heteroatoms. The summed E-state index contributed by atoms with van der Waals surface area (Å²) in [7, 11) is 1.55. The Morgan fingerprint density at radius 3 is 2.80 bits per heavy atom. The maximum Gasteiger partial charge on any atom is 0.234 e. The monoisotopic (exact) mass is 356 g/mol. The molecule has 3 rings (SSSR count). The first-order valence-corrected chi connectivity index (χ1v) is 8.35. The minimum Gasteiger partial charge on any atom is -0.495 e. The summed E-state index contributed by atoms with van der Waals surface area (Å²) < 4.78 is 6.53. The Morgan fingerprint density at radius 1 is 1.24 bits per heavy atom. The van der Waals surface area contributed by atoms with Crippen LogP contribution in [0.4, 0.5) is 5.69 Å². The minimum atomic E-state index is -0.197. The summed E-state index contributed by atoms with van der Waals surface area (Å²) in [6.45, 7) is 0. The average Bonchev–Trinajstić information content (AvgIpc) is 3.02. The summed E-state index contributed by atoms with van der Waals surface area (Å²) in [4.78, 5) is 16.3. The highest BCUT2D eigenvalue weighted by atomic mass is 32.2. The Kier molecular flexibility index (Phi) is 5.14. The number of nitrogens with one attached hydrogen (secondary N) is 1. The molecule has 8 nitrogen and oxygen atoms in total. The lowest BCUT2D eigenvalue weighted by atomic mass is 10.3. The number of para-hydroxylation sites is 2. The van der Waals surface area contributed by atoms with E-state index < -0.39 is 0 Å². The number of nitrogens with zero attached hydrogens (tertiary/aromatic N) is 4. The minimum absolute atomic E-state index is 0.135. The molecule has 128 valence electrons. The molecule has 0 saturated carbocycles. The molecule has 3 N–H and O–H groups in total. The molecule has 25 heavy (non-hydrogen) atoms. The number of methoxy groups -OCH3 is 1. The van der Waals surface area contributed by atoms with Gasteiger partial charge in [-0.1, -0.05) is 30.0 Å².